The molecule has 0 spiro atoms. The Bertz CT molecular complexity index is 906. The number of methoxy groups -OCH3 is 1. The van der Waals surface area contributed by atoms with E-state index < -0.39 is 0 Å². The highest BCUT2D eigenvalue weighted by atomic mass is 16.5. The lowest BCUT2D eigenvalue weighted by molar-refractivity contribution is -0.134. The molecule has 0 N–H and O–H groups in total. The first-order valence-corrected chi connectivity index (χ1v) is 11.3. The van der Waals surface area contributed by atoms with Crippen molar-refractivity contribution in [2.24, 2.45) is 11.8 Å². The van der Waals surface area contributed by atoms with Gasteiger partial charge in [-0.1, -0.05) is 42.0 Å². The summed E-state index contributed by atoms with van der Waals surface area (Å²) in [7, 11) is 1.71. The molecule has 3 atom stereocenters. The fraction of sp³-hybridized carbons (Fsp3) is 0.500. The molecule has 2 aromatic carbocycles. The van der Waals surface area contributed by atoms with Crippen LogP contribution in [0.2, 0.25) is 0 Å². The number of hydrogen-bond donors (Lipinski definition) is 0. The van der Waals surface area contributed by atoms with Gasteiger partial charge in [0.25, 0.3) is 0 Å². The smallest absolute Gasteiger partial charge is 0.225 e. The summed E-state index contributed by atoms with van der Waals surface area (Å²) < 4.78 is 5.36. The van der Waals surface area contributed by atoms with E-state index in [0.29, 0.717) is 29.7 Å². The molecule has 2 aliphatic heterocycles. The maximum Gasteiger partial charge on any atom is 0.225 e. The molecule has 158 valence electrons. The number of benzene rings is 2. The Hall–Kier alpha value is -2.33. The van der Waals surface area contributed by atoms with Crippen LogP contribution in [0.25, 0.3) is 0 Å². The molecule has 5 rings (SSSR count). The lowest BCUT2D eigenvalue weighted by Crippen LogP contribution is -2.48. The van der Waals surface area contributed by atoms with Crippen molar-refractivity contribution >= 4 is 5.91 Å². The summed E-state index contributed by atoms with van der Waals surface area (Å²) in [6.07, 6.45) is 3.25. The molecule has 2 saturated heterocycles. The molecule has 30 heavy (non-hydrogen) atoms. The van der Waals surface area contributed by atoms with Crippen molar-refractivity contribution in [3.05, 3.63) is 65.2 Å². The molecule has 1 saturated carbocycles. The topological polar surface area (TPSA) is 32.8 Å². The second-order valence-corrected chi connectivity index (χ2v) is 9.39. The van der Waals surface area contributed by atoms with Crippen molar-refractivity contribution in [1.29, 1.82) is 0 Å². The van der Waals surface area contributed by atoms with Gasteiger partial charge < -0.3 is 9.64 Å². The third-order valence-corrected chi connectivity index (χ3v) is 7.26. The van der Waals surface area contributed by atoms with E-state index in [2.05, 4.69) is 65.3 Å². The van der Waals surface area contributed by atoms with Gasteiger partial charge in [-0.2, -0.15) is 0 Å². The average molecular weight is 405 g/mol. The Kier molecular flexibility index (Phi) is 5.28. The molecule has 1 aliphatic carbocycles. The van der Waals surface area contributed by atoms with Gasteiger partial charge in [-0.05, 0) is 49.4 Å². The van der Waals surface area contributed by atoms with Gasteiger partial charge in [0.2, 0.25) is 5.91 Å². The maximum atomic E-state index is 13.0. The van der Waals surface area contributed by atoms with Gasteiger partial charge >= 0.3 is 0 Å². The number of carbonyl (C=O) groups excluding carboxylic acids is 1. The third-order valence-electron chi connectivity index (χ3n) is 7.26. The molecule has 2 heterocycles. The van der Waals surface area contributed by atoms with E-state index in [0.717, 1.165) is 51.2 Å². The van der Waals surface area contributed by atoms with Crippen LogP contribution in [0.15, 0.2) is 48.5 Å². The van der Waals surface area contributed by atoms with Crippen LogP contribution in [0.4, 0.5) is 0 Å². The summed E-state index contributed by atoms with van der Waals surface area (Å²) in [6, 6.07) is 17.8. The number of nitrogens with zero attached hydrogens (tertiary/aromatic N) is 2. The van der Waals surface area contributed by atoms with Gasteiger partial charge in [0, 0.05) is 50.0 Å². The summed E-state index contributed by atoms with van der Waals surface area (Å²) >= 11 is 0. The van der Waals surface area contributed by atoms with E-state index in [1.807, 2.05) is 0 Å². The zero-order valence-corrected chi connectivity index (χ0v) is 18.1. The van der Waals surface area contributed by atoms with Crippen LogP contribution >= 0.6 is 0 Å². The molecule has 4 nitrogen and oxygen atoms in total. The van der Waals surface area contributed by atoms with E-state index in [1.54, 1.807) is 7.11 Å². The summed E-state index contributed by atoms with van der Waals surface area (Å²) in [4.78, 5) is 17.9. The van der Waals surface area contributed by atoms with Crippen LogP contribution in [0.3, 0.4) is 0 Å². The summed E-state index contributed by atoms with van der Waals surface area (Å²) in [5.41, 5.74) is 4.05. The second-order valence-electron chi connectivity index (χ2n) is 9.39. The van der Waals surface area contributed by atoms with Gasteiger partial charge in [-0.3, -0.25) is 9.69 Å². The first-order chi connectivity index (χ1) is 14.6. The van der Waals surface area contributed by atoms with E-state index in [-0.39, 0.29) is 0 Å². The highest BCUT2D eigenvalue weighted by molar-refractivity contribution is 5.82. The Morgan fingerprint density at radius 2 is 1.87 bits per heavy atom. The van der Waals surface area contributed by atoms with Crippen LogP contribution in [0.1, 0.15) is 41.9 Å². The molecular formula is C26H32N2O2. The Balaban J connectivity index is 1.37. The molecule has 4 heteroatoms. The average Bonchev–Trinajstić information content (AvgIpc) is 3.54. The van der Waals surface area contributed by atoms with E-state index in [1.165, 1.54) is 16.7 Å². The summed E-state index contributed by atoms with van der Waals surface area (Å²) in [6.45, 7) is 6.16. The number of amides is 1. The zero-order valence-electron chi connectivity index (χ0n) is 18.1. The van der Waals surface area contributed by atoms with Crippen LogP contribution in [0, 0.1) is 18.8 Å². The minimum atomic E-state index is 0.297. The van der Waals surface area contributed by atoms with Crippen LogP contribution in [0.5, 0.6) is 5.75 Å². The number of likely N-dealkylation sites (tertiary alicyclic amines) is 2. The van der Waals surface area contributed by atoms with E-state index in [9.17, 15) is 4.79 Å². The quantitative estimate of drug-likeness (QED) is 0.748. The molecule has 0 bridgehead atoms. The van der Waals surface area contributed by atoms with E-state index >= 15 is 0 Å². The van der Waals surface area contributed by atoms with Crippen LogP contribution in [-0.4, -0.2) is 48.5 Å². The SMILES string of the molecule is COc1ccc([C@@H]2CN(C(=O)C3CC3)[C@H]3CCN(Cc4cccc(C)c4)C[C@@H]23)cc1. The van der Waals surface area contributed by atoms with Gasteiger partial charge in [0.05, 0.1) is 7.11 Å². The predicted molar refractivity (Wildman–Crippen MR) is 119 cm³/mol. The molecule has 0 unspecified atom stereocenters. The fourth-order valence-corrected chi connectivity index (χ4v) is 5.54. The predicted octanol–water partition coefficient (Wildman–Crippen LogP) is 4.23. The minimum absolute atomic E-state index is 0.297. The van der Waals surface area contributed by atoms with Crippen molar-refractivity contribution in [3.63, 3.8) is 0 Å². The Morgan fingerprint density at radius 3 is 2.57 bits per heavy atom. The minimum Gasteiger partial charge on any atom is -0.497 e. The van der Waals surface area contributed by atoms with Crippen molar-refractivity contribution in [3.8, 4) is 5.75 Å². The molecule has 3 fully saturated rings. The molecule has 0 aromatic heterocycles. The standard InChI is InChI=1S/C26H32N2O2/c1-18-4-3-5-19(14-18)15-27-13-12-25-24(16-27)23(17-28(25)26(29)21-6-7-21)20-8-10-22(30-2)11-9-20/h3-5,8-11,14,21,23-25H,6-7,12-13,15-17H2,1-2H3/t23-,24-,25-/m0/s1. The number of hydrogen-bond acceptors (Lipinski definition) is 3. The number of fused-ring (bicyclic) bond motifs is 1. The zero-order chi connectivity index (χ0) is 20.7. The third kappa shape index (κ3) is 3.85. The Morgan fingerprint density at radius 1 is 1.07 bits per heavy atom. The van der Waals surface area contributed by atoms with Crippen LogP contribution < -0.4 is 4.74 Å². The highest BCUT2D eigenvalue weighted by Crippen LogP contribution is 2.44. The summed E-state index contributed by atoms with van der Waals surface area (Å²) in [5.74, 6) is 2.51. The normalized spacial score (nSPS) is 26.5. The van der Waals surface area contributed by atoms with Crippen molar-refractivity contribution in [2.75, 3.05) is 26.7 Å². The molecule has 2 aromatic rings. The van der Waals surface area contributed by atoms with Gasteiger partial charge in [0.1, 0.15) is 5.75 Å². The van der Waals surface area contributed by atoms with E-state index in [4.69, 9.17) is 4.74 Å². The monoisotopic (exact) mass is 404 g/mol. The molecule has 1 amide bonds. The van der Waals surface area contributed by atoms with Gasteiger partial charge in [0.15, 0.2) is 0 Å². The number of carbonyl (C=O) groups is 1. The highest BCUT2D eigenvalue weighted by Gasteiger charge is 2.49. The van der Waals surface area contributed by atoms with Gasteiger partial charge in [-0.25, -0.2) is 0 Å². The van der Waals surface area contributed by atoms with Gasteiger partial charge in [-0.15, -0.1) is 0 Å². The fourth-order valence-electron chi connectivity index (χ4n) is 5.54. The number of ether oxygens (including phenoxy) is 1. The largest absolute Gasteiger partial charge is 0.497 e. The second kappa shape index (κ2) is 8.07. The number of aryl methyl sites for hydroxylation is 1. The number of piperidine rings is 1. The molecule has 0 radical (unpaired) electrons. The van der Waals surface area contributed by atoms with Crippen molar-refractivity contribution < 1.29 is 9.53 Å². The van der Waals surface area contributed by atoms with Crippen molar-refractivity contribution in [1.82, 2.24) is 9.80 Å². The van der Waals surface area contributed by atoms with Crippen molar-refractivity contribution in [2.45, 2.75) is 44.7 Å². The summed E-state index contributed by atoms with van der Waals surface area (Å²) in [5, 5.41) is 0. The molecule has 3 aliphatic rings. The Labute approximate surface area is 179 Å². The van der Waals surface area contributed by atoms with Crippen LogP contribution in [-0.2, 0) is 11.3 Å². The molecular weight excluding hydrogens is 372 g/mol. The number of rotatable bonds is 5. The lowest BCUT2D eigenvalue weighted by Gasteiger charge is -2.39. The maximum absolute atomic E-state index is 13.0. The first-order valence-electron chi connectivity index (χ1n) is 11.3. The first kappa shape index (κ1) is 19.6. The lowest BCUT2D eigenvalue weighted by atomic mass is 9.81.